The first kappa shape index (κ1) is 11.8. The second kappa shape index (κ2) is 4.67. The molecule has 1 heterocycles. The largest absolute Gasteiger partial charge is 0.398 e. The summed E-state index contributed by atoms with van der Waals surface area (Å²) >= 11 is 3.31. The van der Waals surface area contributed by atoms with Gasteiger partial charge in [0.2, 0.25) is 0 Å². The molecule has 0 unspecified atom stereocenters. The molecule has 0 aliphatic heterocycles. The van der Waals surface area contributed by atoms with Crippen LogP contribution in [0.3, 0.4) is 0 Å². The number of Topliss-reactive ketones (excluding diaryl/α,β-unsaturated/α-hetero) is 1. The molecule has 17 heavy (non-hydrogen) atoms. The molecule has 0 saturated carbocycles. The Morgan fingerprint density at radius 2 is 2.29 bits per heavy atom. The molecule has 0 saturated heterocycles. The standard InChI is InChI=1S/C11H11BrN4O/c1-16-6-8(14-15-16)5-11(17)9-4-7(12)2-3-10(9)13/h2-4,6H,5,13H2,1H3. The van der Waals surface area contributed by atoms with Crippen LogP contribution in [0.5, 0.6) is 0 Å². The molecule has 1 aromatic carbocycles. The zero-order valence-electron chi connectivity index (χ0n) is 9.22. The summed E-state index contributed by atoms with van der Waals surface area (Å²) in [6, 6.07) is 5.22. The highest BCUT2D eigenvalue weighted by Gasteiger charge is 2.12. The van der Waals surface area contributed by atoms with E-state index in [1.807, 2.05) is 0 Å². The fourth-order valence-electron chi connectivity index (χ4n) is 1.51. The number of carbonyl (C=O) groups excluding carboxylic acids is 1. The summed E-state index contributed by atoms with van der Waals surface area (Å²) in [7, 11) is 1.76. The van der Waals surface area contributed by atoms with Gasteiger partial charge in [0.15, 0.2) is 5.78 Å². The number of halogens is 1. The van der Waals surface area contributed by atoms with E-state index in [-0.39, 0.29) is 12.2 Å². The predicted molar refractivity (Wildman–Crippen MR) is 67.6 cm³/mol. The van der Waals surface area contributed by atoms with Gasteiger partial charge >= 0.3 is 0 Å². The zero-order chi connectivity index (χ0) is 12.4. The molecule has 0 aliphatic rings. The number of hydrogen-bond acceptors (Lipinski definition) is 4. The van der Waals surface area contributed by atoms with Gasteiger partial charge in [0.05, 0.1) is 12.1 Å². The van der Waals surface area contributed by atoms with Crippen molar-refractivity contribution < 1.29 is 4.79 Å². The summed E-state index contributed by atoms with van der Waals surface area (Å²) in [5, 5.41) is 7.65. The van der Waals surface area contributed by atoms with Crippen molar-refractivity contribution in [3.8, 4) is 0 Å². The normalized spacial score (nSPS) is 10.5. The molecular formula is C11H11BrN4O. The van der Waals surface area contributed by atoms with Gasteiger partial charge in [-0.15, -0.1) is 5.10 Å². The van der Waals surface area contributed by atoms with Crippen molar-refractivity contribution in [2.24, 2.45) is 7.05 Å². The zero-order valence-corrected chi connectivity index (χ0v) is 10.8. The number of hydrogen-bond donors (Lipinski definition) is 1. The highest BCUT2D eigenvalue weighted by Crippen LogP contribution is 2.19. The summed E-state index contributed by atoms with van der Waals surface area (Å²) < 4.78 is 2.39. The molecule has 5 nitrogen and oxygen atoms in total. The summed E-state index contributed by atoms with van der Waals surface area (Å²) in [6.45, 7) is 0. The van der Waals surface area contributed by atoms with Gasteiger partial charge in [-0.25, -0.2) is 0 Å². The van der Waals surface area contributed by atoms with Crippen LogP contribution in [0.25, 0.3) is 0 Å². The van der Waals surface area contributed by atoms with Crippen molar-refractivity contribution >= 4 is 27.4 Å². The molecule has 0 spiro atoms. The minimum absolute atomic E-state index is 0.0655. The van der Waals surface area contributed by atoms with Gasteiger partial charge in [-0.05, 0) is 18.2 Å². The van der Waals surface area contributed by atoms with Gasteiger partial charge in [0.25, 0.3) is 0 Å². The van der Waals surface area contributed by atoms with Gasteiger partial charge in [-0.2, -0.15) is 0 Å². The highest BCUT2D eigenvalue weighted by molar-refractivity contribution is 9.10. The van der Waals surface area contributed by atoms with E-state index in [0.29, 0.717) is 16.9 Å². The average molecular weight is 295 g/mol. The molecule has 0 amide bonds. The lowest BCUT2D eigenvalue weighted by Crippen LogP contribution is -2.07. The van der Waals surface area contributed by atoms with E-state index in [1.165, 1.54) is 0 Å². The van der Waals surface area contributed by atoms with Crippen molar-refractivity contribution in [1.29, 1.82) is 0 Å². The Kier molecular flexibility index (Phi) is 3.23. The van der Waals surface area contributed by atoms with Crippen LogP contribution in [0.4, 0.5) is 5.69 Å². The molecular weight excluding hydrogens is 284 g/mol. The van der Waals surface area contributed by atoms with Crippen molar-refractivity contribution in [2.45, 2.75) is 6.42 Å². The maximum absolute atomic E-state index is 12.0. The SMILES string of the molecule is Cn1cc(CC(=O)c2cc(Br)ccc2N)nn1. The Labute approximate surface area is 107 Å². The van der Waals surface area contributed by atoms with Gasteiger partial charge in [0, 0.05) is 29.0 Å². The summed E-state index contributed by atoms with van der Waals surface area (Å²) in [5.74, 6) is -0.0655. The number of nitrogen functional groups attached to an aromatic ring is 1. The number of aromatic nitrogens is 3. The third-order valence-electron chi connectivity index (χ3n) is 2.31. The van der Waals surface area contributed by atoms with Crippen LogP contribution < -0.4 is 5.73 Å². The Hall–Kier alpha value is -1.69. The molecule has 1 aromatic heterocycles. The highest BCUT2D eigenvalue weighted by atomic mass is 79.9. The quantitative estimate of drug-likeness (QED) is 0.689. The number of nitrogens with zero attached hydrogens (tertiary/aromatic N) is 3. The monoisotopic (exact) mass is 294 g/mol. The molecule has 0 bridgehead atoms. The van der Waals surface area contributed by atoms with Crippen LogP contribution in [0, 0.1) is 0 Å². The maximum Gasteiger partial charge on any atom is 0.171 e. The number of rotatable bonds is 3. The van der Waals surface area contributed by atoms with Crippen LogP contribution in [0.1, 0.15) is 16.1 Å². The third-order valence-corrected chi connectivity index (χ3v) is 2.80. The molecule has 0 fully saturated rings. The first-order chi connectivity index (χ1) is 8.06. The van der Waals surface area contributed by atoms with Gasteiger partial charge in [0.1, 0.15) is 0 Å². The van der Waals surface area contributed by atoms with E-state index in [0.717, 1.165) is 4.47 Å². The molecule has 0 atom stereocenters. The predicted octanol–water partition coefficient (Wildman–Crippen LogP) is 1.59. The second-order valence-electron chi connectivity index (χ2n) is 3.72. The van der Waals surface area contributed by atoms with E-state index in [1.54, 1.807) is 36.1 Å². The first-order valence-electron chi connectivity index (χ1n) is 4.99. The minimum Gasteiger partial charge on any atom is -0.398 e. The van der Waals surface area contributed by atoms with Crippen LogP contribution in [0.2, 0.25) is 0 Å². The molecule has 2 aromatic rings. The molecule has 0 radical (unpaired) electrons. The number of carbonyl (C=O) groups is 1. The number of nitrogens with two attached hydrogens (primary N) is 1. The smallest absolute Gasteiger partial charge is 0.171 e. The summed E-state index contributed by atoms with van der Waals surface area (Å²) in [5.41, 5.74) is 7.38. The van der Waals surface area contributed by atoms with Gasteiger partial charge < -0.3 is 5.73 Å². The van der Waals surface area contributed by atoms with Crippen LogP contribution in [0.15, 0.2) is 28.9 Å². The van der Waals surface area contributed by atoms with E-state index in [2.05, 4.69) is 26.2 Å². The summed E-state index contributed by atoms with van der Waals surface area (Å²) in [4.78, 5) is 12.0. The topological polar surface area (TPSA) is 73.8 Å². The Morgan fingerprint density at radius 3 is 2.94 bits per heavy atom. The second-order valence-corrected chi connectivity index (χ2v) is 4.63. The van der Waals surface area contributed by atoms with E-state index < -0.39 is 0 Å². The molecule has 6 heteroatoms. The molecule has 2 rings (SSSR count). The van der Waals surface area contributed by atoms with Crippen molar-refractivity contribution in [1.82, 2.24) is 15.0 Å². The van der Waals surface area contributed by atoms with Crippen molar-refractivity contribution in [3.05, 3.63) is 40.1 Å². The van der Waals surface area contributed by atoms with Gasteiger partial charge in [-0.3, -0.25) is 9.48 Å². The molecule has 0 aliphatic carbocycles. The lowest BCUT2D eigenvalue weighted by atomic mass is 10.1. The Morgan fingerprint density at radius 1 is 1.53 bits per heavy atom. The van der Waals surface area contributed by atoms with E-state index in [9.17, 15) is 4.79 Å². The first-order valence-corrected chi connectivity index (χ1v) is 5.79. The van der Waals surface area contributed by atoms with Crippen molar-refractivity contribution in [2.75, 3.05) is 5.73 Å². The fraction of sp³-hybridized carbons (Fsp3) is 0.182. The van der Waals surface area contributed by atoms with E-state index in [4.69, 9.17) is 5.73 Å². The Bertz CT molecular complexity index is 564. The summed E-state index contributed by atoms with van der Waals surface area (Å²) in [6.07, 6.45) is 1.92. The van der Waals surface area contributed by atoms with Crippen LogP contribution in [-0.4, -0.2) is 20.8 Å². The van der Waals surface area contributed by atoms with E-state index >= 15 is 0 Å². The third kappa shape index (κ3) is 2.71. The minimum atomic E-state index is -0.0655. The lowest BCUT2D eigenvalue weighted by Gasteiger charge is -2.03. The molecule has 2 N–H and O–H groups in total. The fourth-order valence-corrected chi connectivity index (χ4v) is 1.87. The lowest BCUT2D eigenvalue weighted by molar-refractivity contribution is 0.0992. The number of anilines is 1. The number of ketones is 1. The number of benzene rings is 1. The van der Waals surface area contributed by atoms with Crippen LogP contribution in [-0.2, 0) is 13.5 Å². The molecule has 88 valence electrons. The van der Waals surface area contributed by atoms with Crippen molar-refractivity contribution in [3.63, 3.8) is 0 Å². The van der Waals surface area contributed by atoms with Crippen LogP contribution >= 0.6 is 15.9 Å². The Balaban J connectivity index is 2.22. The average Bonchev–Trinajstić information content (AvgIpc) is 2.67. The maximum atomic E-state index is 12.0. The van der Waals surface area contributed by atoms with Gasteiger partial charge in [-0.1, -0.05) is 21.1 Å². The number of aryl methyl sites for hydroxylation is 1.